The first-order valence-electron chi connectivity index (χ1n) is 11.3. The lowest BCUT2D eigenvalue weighted by Gasteiger charge is -2.41. The maximum atomic E-state index is 12.9. The summed E-state index contributed by atoms with van der Waals surface area (Å²) < 4.78 is 6.87. The van der Waals surface area contributed by atoms with Crippen LogP contribution in [-0.2, 0) is 14.3 Å². The molecule has 2 aliphatic heterocycles. The Kier molecular flexibility index (Phi) is 6.38. The highest BCUT2D eigenvalue weighted by molar-refractivity contribution is 6.23. The lowest BCUT2D eigenvalue weighted by Crippen LogP contribution is -2.57. The fourth-order valence-electron chi connectivity index (χ4n) is 4.20. The zero-order valence-corrected chi connectivity index (χ0v) is 19.8. The van der Waals surface area contributed by atoms with Gasteiger partial charge in [-0.3, -0.25) is 19.0 Å². The van der Waals surface area contributed by atoms with E-state index in [0.29, 0.717) is 24.3 Å². The second-order valence-electron chi connectivity index (χ2n) is 9.57. The molecule has 10 nitrogen and oxygen atoms in total. The van der Waals surface area contributed by atoms with Crippen molar-refractivity contribution in [2.75, 3.05) is 18.4 Å². The number of carbonyl (C=O) groups excluding carboxylic acids is 3. The number of carbonyl (C=O) groups is 3. The number of likely N-dealkylation sites (tertiary alicyclic amines) is 1. The molecule has 35 heavy (non-hydrogen) atoms. The molecule has 2 aromatic rings. The van der Waals surface area contributed by atoms with E-state index in [2.05, 4.69) is 10.6 Å². The highest BCUT2D eigenvalue weighted by Gasteiger charge is 2.43. The molecule has 184 valence electrons. The molecule has 2 unspecified atom stereocenters. The minimum Gasteiger partial charge on any atom is -0.511 e. The van der Waals surface area contributed by atoms with Gasteiger partial charge in [-0.25, -0.2) is 4.79 Å². The monoisotopic (exact) mass is 480 g/mol. The highest BCUT2D eigenvalue weighted by Crippen LogP contribution is 2.30. The maximum Gasteiger partial charge on any atom is 0.410 e. The molecule has 0 radical (unpaired) electrons. The second-order valence-corrected chi connectivity index (χ2v) is 9.57. The SMILES string of the molecule is CC(C)(C)OC(=O)N1CCC2NC(=O)C(C(=O)Nc3ccc(-n4ccccc4=O)cc3)=C(O)C2C1. The van der Waals surface area contributed by atoms with E-state index in [9.17, 15) is 24.3 Å². The number of benzene rings is 1. The number of aromatic nitrogens is 1. The van der Waals surface area contributed by atoms with Gasteiger partial charge in [-0.2, -0.15) is 0 Å². The predicted octanol–water partition coefficient (Wildman–Crippen LogP) is 2.34. The zero-order valence-electron chi connectivity index (χ0n) is 19.8. The summed E-state index contributed by atoms with van der Waals surface area (Å²) in [6.45, 7) is 5.78. The molecule has 1 saturated heterocycles. The van der Waals surface area contributed by atoms with Crippen LogP contribution in [-0.4, -0.2) is 57.2 Å². The number of amides is 3. The van der Waals surface area contributed by atoms with E-state index in [0.717, 1.165) is 0 Å². The van der Waals surface area contributed by atoms with E-state index in [-0.39, 0.29) is 29.5 Å². The fraction of sp³-hybridized carbons (Fsp3) is 0.360. The lowest BCUT2D eigenvalue weighted by molar-refractivity contribution is -0.124. The summed E-state index contributed by atoms with van der Waals surface area (Å²) in [5.74, 6) is -2.41. The molecule has 3 amide bonds. The van der Waals surface area contributed by atoms with E-state index in [1.807, 2.05) is 0 Å². The Morgan fingerprint density at radius 1 is 1.11 bits per heavy atom. The van der Waals surface area contributed by atoms with Crippen molar-refractivity contribution in [3.05, 3.63) is 70.3 Å². The van der Waals surface area contributed by atoms with Gasteiger partial charge in [0, 0.05) is 42.8 Å². The molecule has 1 fully saturated rings. The molecule has 0 spiro atoms. The van der Waals surface area contributed by atoms with Crippen molar-refractivity contribution >= 4 is 23.6 Å². The van der Waals surface area contributed by atoms with E-state index >= 15 is 0 Å². The molecule has 3 N–H and O–H groups in total. The van der Waals surface area contributed by atoms with E-state index in [4.69, 9.17) is 4.74 Å². The third-order valence-electron chi connectivity index (χ3n) is 5.87. The van der Waals surface area contributed by atoms with E-state index in [1.54, 1.807) is 63.4 Å². The molecule has 0 saturated carbocycles. The number of ether oxygens (including phenoxy) is 1. The normalized spacial score (nSPS) is 20.1. The number of hydrogen-bond acceptors (Lipinski definition) is 6. The molecule has 10 heteroatoms. The maximum absolute atomic E-state index is 12.9. The summed E-state index contributed by atoms with van der Waals surface area (Å²) in [5, 5.41) is 16.3. The number of anilines is 1. The summed E-state index contributed by atoms with van der Waals surface area (Å²) in [6, 6.07) is 10.9. The molecule has 1 aromatic heterocycles. The molecular formula is C25H28N4O6. The smallest absolute Gasteiger partial charge is 0.410 e. The molecule has 1 aromatic carbocycles. The first-order chi connectivity index (χ1) is 16.5. The van der Waals surface area contributed by atoms with Gasteiger partial charge in [-0.1, -0.05) is 6.07 Å². The summed E-state index contributed by atoms with van der Waals surface area (Å²) in [5.41, 5.74) is -0.252. The van der Waals surface area contributed by atoms with Crippen molar-refractivity contribution < 1.29 is 24.2 Å². The number of hydrogen-bond donors (Lipinski definition) is 3. The van der Waals surface area contributed by atoms with Gasteiger partial charge in [-0.05, 0) is 57.5 Å². The van der Waals surface area contributed by atoms with Crippen LogP contribution in [0.1, 0.15) is 27.2 Å². The second kappa shape index (κ2) is 9.28. The summed E-state index contributed by atoms with van der Waals surface area (Å²) >= 11 is 0. The van der Waals surface area contributed by atoms with Crippen LogP contribution in [0.4, 0.5) is 10.5 Å². The Balaban J connectivity index is 1.50. The number of nitrogens with one attached hydrogen (secondary N) is 2. The molecule has 2 atom stereocenters. The Labute approximate surface area is 202 Å². The van der Waals surface area contributed by atoms with Gasteiger partial charge in [-0.15, -0.1) is 0 Å². The largest absolute Gasteiger partial charge is 0.511 e. The fourth-order valence-corrected chi connectivity index (χ4v) is 4.20. The molecule has 2 aliphatic rings. The van der Waals surface area contributed by atoms with Crippen molar-refractivity contribution in [3.63, 3.8) is 0 Å². The molecule has 3 heterocycles. The molecular weight excluding hydrogens is 452 g/mol. The number of piperidine rings is 1. The average molecular weight is 481 g/mol. The average Bonchev–Trinajstić information content (AvgIpc) is 2.79. The molecule has 0 bridgehead atoms. The number of pyridine rings is 1. The Morgan fingerprint density at radius 2 is 1.83 bits per heavy atom. The minimum absolute atomic E-state index is 0.114. The van der Waals surface area contributed by atoms with Gasteiger partial charge in [0.2, 0.25) is 0 Å². The zero-order chi connectivity index (χ0) is 25.3. The van der Waals surface area contributed by atoms with Crippen LogP contribution in [0.2, 0.25) is 0 Å². The lowest BCUT2D eigenvalue weighted by atomic mass is 9.85. The number of aliphatic hydroxyl groups is 1. The van der Waals surface area contributed by atoms with Crippen LogP contribution < -0.4 is 16.2 Å². The van der Waals surface area contributed by atoms with Crippen LogP contribution in [0.15, 0.2) is 64.8 Å². The first-order valence-corrected chi connectivity index (χ1v) is 11.3. The van der Waals surface area contributed by atoms with Crippen molar-refractivity contribution in [1.29, 1.82) is 0 Å². The standard InChI is InChI=1S/C25H28N4O6/c1-25(2,3)35-24(34)28-13-11-18-17(14-28)21(31)20(23(33)27-18)22(32)26-15-7-9-16(10-8-15)29-12-5-4-6-19(29)30/h4-10,12,17-18,31H,11,13-14H2,1-3H3,(H,26,32)(H,27,33). The van der Waals surface area contributed by atoms with E-state index in [1.165, 1.54) is 15.5 Å². The first kappa shape index (κ1) is 24.1. The quantitative estimate of drug-likeness (QED) is 0.578. The van der Waals surface area contributed by atoms with Crippen LogP contribution in [0, 0.1) is 5.92 Å². The number of fused-ring (bicyclic) bond motifs is 1. The van der Waals surface area contributed by atoms with Crippen LogP contribution in [0.3, 0.4) is 0 Å². The number of nitrogens with zero attached hydrogens (tertiary/aromatic N) is 2. The van der Waals surface area contributed by atoms with Crippen LogP contribution in [0.25, 0.3) is 5.69 Å². The summed E-state index contributed by atoms with van der Waals surface area (Å²) in [6.07, 6.45) is 1.55. The van der Waals surface area contributed by atoms with Gasteiger partial charge in [0.25, 0.3) is 17.4 Å². The Bertz CT molecular complexity index is 1240. The minimum atomic E-state index is -0.766. The van der Waals surface area contributed by atoms with Crippen LogP contribution in [0.5, 0.6) is 0 Å². The van der Waals surface area contributed by atoms with Crippen molar-refractivity contribution in [2.24, 2.45) is 5.92 Å². The topological polar surface area (TPSA) is 130 Å². The third kappa shape index (κ3) is 5.21. The van der Waals surface area contributed by atoms with E-state index < -0.39 is 29.4 Å². The van der Waals surface area contributed by atoms with Gasteiger partial charge in [0.15, 0.2) is 0 Å². The van der Waals surface area contributed by atoms with Crippen LogP contribution >= 0.6 is 0 Å². The van der Waals surface area contributed by atoms with Gasteiger partial charge >= 0.3 is 6.09 Å². The highest BCUT2D eigenvalue weighted by atomic mass is 16.6. The molecule has 4 rings (SSSR count). The van der Waals surface area contributed by atoms with Crippen molar-refractivity contribution in [3.8, 4) is 5.69 Å². The van der Waals surface area contributed by atoms with Gasteiger partial charge in [0.05, 0.1) is 5.92 Å². The van der Waals surface area contributed by atoms with Gasteiger partial charge < -0.3 is 25.4 Å². The van der Waals surface area contributed by atoms with Gasteiger partial charge in [0.1, 0.15) is 16.9 Å². The summed E-state index contributed by atoms with van der Waals surface area (Å²) in [4.78, 5) is 51.5. The number of rotatable bonds is 3. The summed E-state index contributed by atoms with van der Waals surface area (Å²) in [7, 11) is 0. The predicted molar refractivity (Wildman–Crippen MR) is 128 cm³/mol. The van der Waals surface area contributed by atoms with Crippen molar-refractivity contribution in [1.82, 2.24) is 14.8 Å². The molecule has 0 aliphatic carbocycles. The Morgan fingerprint density at radius 3 is 2.49 bits per heavy atom. The third-order valence-corrected chi connectivity index (χ3v) is 5.87. The van der Waals surface area contributed by atoms with Crippen molar-refractivity contribution in [2.45, 2.75) is 38.8 Å². The Hall–Kier alpha value is -4.08. The number of aliphatic hydroxyl groups excluding tert-OH is 1.